The molecule has 17 heavy (non-hydrogen) atoms. The summed E-state index contributed by atoms with van der Waals surface area (Å²) in [4.78, 5) is 7.34. The summed E-state index contributed by atoms with van der Waals surface area (Å²) in [6, 6.07) is 8.85. The van der Waals surface area contributed by atoms with Crippen molar-refractivity contribution in [1.82, 2.24) is 4.98 Å². The average Bonchev–Trinajstić information content (AvgIpc) is 2.80. The Morgan fingerprint density at radius 1 is 1.29 bits per heavy atom. The van der Waals surface area contributed by atoms with E-state index in [2.05, 4.69) is 9.98 Å². The van der Waals surface area contributed by atoms with Gasteiger partial charge in [0.05, 0.1) is 17.6 Å². The smallest absolute Gasteiger partial charge is 0.197 e. The largest absolute Gasteiger partial charge is 0.360 e. The van der Waals surface area contributed by atoms with Crippen LogP contribution in [0, 0.1) is 6.92 Å². The fourth-order valence-corrected chi connectivity index (χ4v) is 1.50. The quantitative estimate of drug-likeness (QED) is 0.476. The number of quaternary nitrogens is 1. The molecule has 0 bridgehead atoms. The number of H-pyrrole nitrogens is 1. The fraction of sp³-hybridized carbons (Fsp3) is 0.0833. The number of aromatic nitrogens is 1. The van der Waals surface area contributed by atoms with E-state index in [1.807, 2.05) is 25.3 Å². The summed E-state index contributed by atoms with van der Waals surface area (Å²) in [5.41, 5.74) is 2.99. The Morgan fingerprint density at radius 2 is 2.12 bits per heavy atom. The monoisotopic (exact) mass is 232 g/mol. The van der Waals surface area contributed by atoms with Crippen LogP contribution in [0.1, 0.15) is 11.3 Å². The number of rotatable bonds is 3. The molecule has 2 aromatic rings. The third kappa shape index (κ3) is 2.79. The lowest BCUT2D eigenvalue weighted by Crippen LogP contribution is -3.01. The number of aryl methyl sites for hydroxylation is 1. The maximum absolute atomic E-state index is 8.95. The van der Waals surface area contributed by atoms with Gasteiger partial charge in [0.25, 0.3) is 0 Å². The minimum atomic E-state index is -0.673. The van der Waals surface area contributed by atoms with Gasteiger partial charge in [0, 0.05) is 18.3 Å². The molecule has 0 radical (unpaired) electrons. The van der Waals surface area contributed by atoms with Crippen LogP contribution in [0.2, 0.25) is 0 Å². The van der Waals surface area contributed by atoms with Crippen molar-refractivity contribution in [3.8, 4) is 0 Å². The molecule has 0 aliphatic carbocycles. The highest BCUT2D eigenvalue weighted by Crippen LogP contribution is 2.20. The molecule has 2 rings (SSSR count). The van der Waals surface area contributed by atoms with E-state index in [9.17, 15) is 0 Å². The van der Waals surface area contributed by atoms with Gasteiger partial charge in [-0.25, -0.2) is 0 Å². The minimum absolute atomic E-state index is 0.390. The Balaban J connectivity index is 2.22. The van der Waals surface area contributed by atoms with Gasteiger partial charge in [0.2, 0.25) is 0 Å². The second-order valence-electron chi connectivity index (χ2n) is 3.71. The summed E-state index contributed by atoms with van der Waals surface area (Å²) in [5, 5.41) is 17.2. The van der Waals surface area contributed by atoms with Gasteiger partial charge in [0.1, 0.15) is 0 Å². The summed E-state index contributed by atoms with van der Waals surface area (Å²) < 4.78 is 0. The Labute approximate surface area is 98.6 Å². The number of nitrogens with zero attached hydrogens (tertiary/aromatic N) is 1. The molecule has 5 nitrogen and oxygen atoms in total. The van der Waals surface area contributed by atoms with Crippen LogP contribution in [0.4, 0.5) is 11.4 Å². The summed E-state index contributed by atoms with van der Waals surface area (Å²) in [5.74, 6) is 0. The van der Waals surface area contributed by atoms with Crippen molar-refractivity contribution in [2.24, 2.45) is 4.99 Å². The number of aliphatic imine (C=N–C) groups is 1. The summed E-state index contributed by atoms with van der Waals surface area (Å²) in [7, 11) is 0. The van der Waals surface area contributed by atoms with E-state index in [1.165, 1.54) is 0 Å². The van der Waals surface area contributed by atoms with E-state index in [4.69, 9.17) is 10.4 Å². The molecule has 1 aromatic carbocycles. The van der Waals surface area contributed by atoms with E-state index in [0.717, 1.165) is 16.9 Å². The summed E-state index contributed by atoms with van der Waals surface area (Å²) in [6.45, 7) is 1.87. The number of aromatic amines is 1. The highest BCUT2D eigenvalue weighted by molar-refractivity contribution is 5.80. The molecule has 0 aliphatic rings. The highest BCUT2D eigenvalue weighted by Gasteiger charge is 2.07. The number of benzene rings is 1. The van der Waals surface area contributed by atoms with Crippen LogP contribution in [-0.2, 0) is 0 Å². The van der Waals surface area contributed by atoms with Crippen molar-refractivity contribution in [3.05, 3.63) is 47.8 Å². The molecule has 1 aromatic heterocycles. The third-order valence-corrected chi connectivity index (χ3v) is 2.42. The minimum Gasteiger partial charge on any atom is -0.360 e. The third-order valence-electron chi connectivity index (χ3n) is 2.42. The van der Waals surface area contributed by atoms with E-state index < -0.39 is 5.23 Å². The van der Waals surface area contributed by atoms with Crippen molar-refractivity contribution >= 4 is 17.6 Å². The van der Waals surface area contributed by atoms with E-state index in [0.29, 0.717) is 5.69 Å². The van der Waals surface area contributed by atoms with E-state index in [-0.39, 0.29) is 0 Å². The molecule has 5 heteroatoms. The Kier molecular flexibility index (Phi) is 3.34. The van der Waals surface area contributed by atoms with Gasteiger partial charge in [-0.3, -0.25) is 4.99 Å². The first kappa shape index (κ1) is 11.5. The van der Waals surface area contributed by atoms with E-state index in [1.54, 1.807) is 24.4 Å². The van der Waals surface area contributed by atoms with Crippen LogP contribution in [0.3, 0.4) is 0 Å². The van der Waals surface area contributed by atoms with Crippen LogP contribution < -0.4 is 5.23 Å². The van der Waals surface area contributed by atoms with Crippen molar-refractivity contribution in [2.75, 3.05) is 0 Å². The number of nitrogens with one attached hydrogen (secondary N) is 2. The first-order chi connectivity index (χ1) is 8.16. The van der Waals surface area contributed by atoms with Gasteiger partial charge in [-0.2, -0.15) is 10.4 Å². The molecular formula is C12H14N3O2+. The molecular weight excluding hydrogens is 218 g/mol. The summed E-state index contributed by atoms with van der Waals surface area (Å²) in [6.07, 6.45) is 3.56. The van der Waals surface area contributed by atoms with Gasteiger partial charge in [-0.1, -0.05) is 0 Å². The van der Waals surface area contributed by atoms with Crippen LogP contribution in [0.25, 0.3) is 0 Å². The standard InChI is InChI=1S/C12H13N3O2/c1-9-7-11(15(16)17)4-5-12(9)14-8-10-3-2-6-13-10/h2-8,13,16-17H,1H3/p+1. The average molecular weight is 232 g/mol. The predicted octanol–water partition coefficient (Wildman–Crippen LogP) is 1.37. The lowest BCUT2D eigenvalue weighted by atomic mass is 10.2. The zero-order valence-corrected chi connectivity index (χ0v) is 9.38. The predicted molar refractivity (Wildman–Crippen MR) is 63.4 cm³/mol. The lowest BCUT2D eigenvalue weighted by Gasteiger charge is -2.03. The molecule has 0 saturated heterocycles. The molecule has 0 saturated carbocycles. The highest BCUT2D eigenvalue weighted by atomic mass is 16.8. The van der Waals surface area contributed by atoms with Gasteiger partial charge < -0.3 is 4.98 Å². The first-order valence-electron chi connectivity index (χ1n) is 5.20. The molecule has 0 spiro atoms. The second kappa shape index (κ2) is 4.92. The molecule has 0 aliphatic heterocycles. The van der Waals surface area contributed by atoms with Crippen molar-refractivity contribution in [2.45, 2.75) is 6.92 Å². The first-order valence-corrected chi connectivity index (χ1v) is 5.20. The van der Waals surface area contributed by atoms with Crippen LogP contribution in [-0.4, -0.2) is 21.6 Å². The molecule has 88 valence electrons. The Morgan fingerprint density at radius 3 is 2.71 bits per heavy atom. The van der Waals surface area contributed by atoms with Gasteiger partial charge in [-0.15, -0.1) is 0 Å². The van der Waals surface area contributed by atoms with Crippen molar-refractivity contribution < 1.29 is 15.6 Å². The molecule has 4 N–H and O–H groups in total. The molecule has 0 fully saturated rings. The van der Waals surface area contributed by atoms with Crippen LogP contribution in [0.5, 0.6) is 0 Å². The number of hydrogen-bond acceptors (Lipinski definition) is 3. The van der Waals surface area contributed by atoms with Gasteiger partial charge in [0.15, 0.2) is 5.69 Å². The molecule has 0 amide bonds. The number of hydrogen-bond donors (Lipinski definition) is 4. The molecule has 0 atom stereocenters. The Bertz CT molecular complexity index is 519. The maximum atomic E-state index is 8.95. The van der Waals surface area contributed by atoms with Gasteiger partial charge in [-0.05, 0) is 35.9 Å². The normalized spacial score (nSPS) is 11.5. The zero-order chi connectivity index (χ0) is 12.3. The van der Waals surface area contributed by atoms with Crippen molar-refractivity contribution in [1.29, 1.82) is 0 Å². The van der Waals surface area contributed by atoms with E-state index >= 15 is 0 Å². The fourth-order valence-electron chi connectivity index (χ4n) is 1.50. The maximum Gasteiger partial charge on any atom is 0.197 e. The van der Waals surface area contributed by atoms with Gasteiger partial charge >= 0.3 is 0 Å². The lowest BCUT2D eigenvalue weighted by molar-refractivity contribution is -1.19. The molecule has 1 heterocycles. The van der Waals surface area contributed by atoms with Crippen LogP contribution >= 0.6 is 0 Å². The van der Waals surface area contributed by atoms with Crippen LogP contribution in [0.15, 0.2) is 41.5 Å². The summed E-state index contributed by atoms with van der Waals surface area (Å²) >= 11 is 0. The Hall–Kier alpha value is -1.95. The molecule has 0 unspecified atom stereocenters. The van der Waals surface area contributed by atoms with Crippen molar-refractivity contribution in [3.63, 3.8) is 0 Å². The second-order valence-corrected chi connectivity index (χ2v) is 3.71. The topological polar surface area (TPSA) is 73.1 Å². The zero-order valence-electron chi connectivity index (χ0n) is 9.38. The SMILES string of the molecule is Cc1cc([NH+](O)O)ccc1N=Cc1ccc[nH]1.